The molecule has 1 aliphatic carbocycles. The summed E-state index contributed by atoms with van der Waals surface area (Å²) >= 11 is 0. The maximum Gasteiger partial charge on any atom is 0.279 e. The Morgan fingerprint density at radius 2 is 1.95 bits per heavy atom. The molecule has 20 heavy (non-hydrogen) atoms. The third-order valence-corrected chi connectivity index (χ3v) is 6.10. The molecule has 0 bridgehead atoms. The van der Waals surface area contributed by atoms with Crippen molar-refractivity contribution in [2.45, 2.75) is 52.5 Å². The van der Waals surface area contributed by atoms with E-state index >= 15 is 0 Å². The van der Waals surface area contributed by atoms with E-state index in [1.54, 1.807) is 7.05 Å². The molecule has 1 rings (SSSR count). The van der Waals surface area contributed by atoms with Gasteiger partial charge in [-0.1, -0.05) is 33.6 Å². The van der Waals surface area contributed by atoms with Gasteiger partial charge in [-0.2, -0.15) is 17.4 Å². The van der Waals surface area contributed by atoms with E-state index in [9.17, 15) is 8.42 Å². The lowest BCUT2D eigenvalue weighted by Gasteiger charge is -2.35. The first kappa shape index (κ1) is 17.9. The van der Waals surface area contributed by atoms with Crippen LogP contribution in [0.4, 0.5) is 0 Å². The predicted octanol–water partition coefficient (Wildman–Crippen LogP) is 1.58. The smallest absolute Gasteiger partial charge is 0.279 e. The van der Waals surface area contributed by atoms with Crippen LogP contribution in [0.25, 0.3) is 0 Å². The second-order valence-electron chi connectivity index (χ2n) is 6.03. The minimum atomic E-state index is -3.35. The molecule has 1 saturated carbocycles. The number of rotatable bonds is 8. The van der Waals surface area contributed by atoms with Crippen LogP contribution in [0.5, 0.6) is 0 Å². The Morgan fingerprint density at radius 1 is 1.25 bits per heavy atom. The van der Waals surface area contributed by atoms with Gasteiger partial charge in [0.1, 0.15) is 0 Å². The highest BCUT2D eigenvalue weighted by Crippen LogP contribution is 2.29. The molecule has 2 N–H and O–H groups in total. The molecule has 0 saturated heterocycles. The lowest BCUT2D eigenvalue weighted by atomic mass is 9.78. The summed E-state index contributed by atoms with van der Waals surface area (Å²) in [7, 11) is -1.69. The molecule has 5 nitrogen and oxygen atoms in total. The van der Waals surface area contributed by atoms with Gasteiger partial charge in [-0.25, -0.2) is 0 Å². The van der Waals surface area contributed by atoms with Crippen LogP contribution < -0.4 is 10.0 Å². The van der Waals surface area contributed by atoms with E-state index in [2.05, 4.69) is 23.9 Å². The quantitative estimate of drug-likeness (QED) is 0.669. The van der Waals surface area contributed by atoms with Crippen LogP contribution >= 0.6 is 0 Å². The van der Waals surface area contributed by atoms with Crippen LogP contribution in [0.2, 0.25) is 0 Å². The summed E-state index contributed by atoms with van der Waals surface area (Å²) in [6, 6.07) is 0.0833. The zero-order valence-electron chi connectivity index (χ0n) is 13.4. The SMILES string of the molecule is CCNCCCN(C)S(=O)(=O)NC1CCCC(C)C1C. The van der Waals surface area contributed by atoms with E-state index < -0.39 is 10.2 Å². The van der Waals surface area contributed by atoms with Gasteiger partial charge >= 0.3 is 0 Å². The molecule has 0 spiro atoms. The molecule has 0 heterocycles. The second kappa shape index (κ2) is 8.32. The largest absolute Gasteiger partial charge is 0.317 e. The first-order valence-electron chi connectivity index (χ1n) is 7.82. The Balaban J connectivity index is 2.47. The standard InChI is InChI=1S/C14H31N3O2S/c1-5-15-10-7-11-17(4)20(18,19)16-14-9-6-8-12(2)13(14)3/h12-16H,5-11H2,1-4H3. The molecular formula is C14H31N3O2S. The molecule has 0 aliphatic heterocycles. The van der Waals surface area contributed by atoms with Gasteiger partial charge in [0.05, 0.1) is 0 Å². The fourth-order valence-electron chi connectivity index (χ4n) is 2.75. The normalized spacial score (nSPS) is 27.9. The predicted molar refractivity (Wildman–Crippen MR) is 83.8 cm³/mol. The molecule has 3 unspecified atom stereocenters. The van der Waals surface area contributed by atoms with Gasteiger partial charge in [0.15, 0.2) is 0 Å². The molecule has 0 aromatic carbocycles. The molecule has 0 amide bonds. The van der Waals surface area contributed by atoms with Crippen molar-refractivity contribution in [1.29, 1.82) is 0 Å². The summed E-state index contributed by atoms with van der Waals surface area (Å²) in [5.74, 6) is 1.00. The van der Waals surface area contributed by atoms with Gasteiger partial charge < -0.3 is 5.32 Å². The molecule has 1 aliphatic rings. The van der Waals surface area contributed by atoms with Crippen LogP contribution in [-0.2, 0) is 10.2 Å². The summed E-state index contributed by atoms with van der Waals surface area (Å²) in [6.45, 7) is 8.75. The molecule has 3 atom stereocenters. The van der Waals surface area contributed by atoms with E-state index in [-0.39, 0.29) is 6.04 Å². The lowest BCUT2D eigenvalue weighted by molar-refractivity contribution is 0.224. The van der Waals surface area contributed by atoms with Crippen molar-refractivity contribution in [3.05, 3.63) is 0 Å². The number of hydrogen-bond acceptors (Lipinski definition) is 3. The first-order chi connectivity index (χ1) is 9.38. The van der Waals surface area contributed by atoms with Gasteiger partial charge in [0.25, 0.3) is 10.2 Å². The van der Waals surface area contributed by atoms with Crippen molar-refractivity contribution >= 4 is 10.2 Å². The van der Waals surface area contributed by atoms with E-state index in [4.69, 9.17) is 0 Å². The van der Waals surface area contributed by atoms with Crippen LogP contribution in [0.3, 0.4) is 0 Å². The number of nitrogens with one attached hydrogen (secondary N) is 2. The summed E-state index contributed by atoms with van der Waals surface area (Å²) in [5, 5.41) is 3.21. The van der Waals surface area contributed by atoms with Crippen molar-refractivity contribution in [3.8, 4) is 0 Å². The number of nitrogens with zero attached hydrogens (tertiary/aromatic N) is 1. The highest BCUT2D eigenvalue weighted by Gasteiger charge is 2.31. The van der Waals surface area contributed by atoms with Gasteiger partial charge in [-0.3, -0.25) is 0 Å². The second-order valence-corrected chi connectivity index (χ2v) is 7.83. The summed E-state index contributed by atoms with van der Waals surface area (Å²) in [4.78, 5) is 0. The van der Waals surface area contributed by atoms with E-state index in [1.807, 2.05) is 6.92 Å². The molecule has 120 valence electrons. The zero-order chi connectivity index (χ0) is 15.2. The zero-order valence-corrected chi connectivity index (χ0v) is 14.2. The van der Waals surface area contributed by atoms with Gasteiger partial charge in [-0.15, -0.1) is 0 Å². The molecule has 0 aromatic rings. The fourth-order valence-corrected chi connectivity index (χ4v) is 4.02. The van der Waals surface area contributed by atoms with Crippen molar-refractivity contribution in [3.63, 3.8) is 0 Å². The molecular weight excluding hydrogens is 274 g/mol. The third kappa shape index (κ3) is 5.31. The van der Waals surface area contributed by atoms with Crippen LogP contribution in [0.1, 0.15) is 46.5 Å². The Hall–Kier alpha value is -0.170. The van der Waals surface area contributed by atoms with E-state index in [1.165, 1.54) is 10.7 Å². The monoisotopic (exact) mass is 305 g/mol. The summed E-state index contributed by atoms with van der Waals surface area (Å²) in [6.07, 6.45) is 4.11. The molecule has 6 heteroatoms. The Labute approximate surface area is 124 Å². The summed E-state index contributed by atoms with van der Waals surface area (Å²) in [5.41, 5.74) is 0. The number of hydrogen-bond donors (Lipinski definition) is 2. The lowest BCUT2D eigenvalue weighted by Crippen LogP contribution is -2.49. The van der Waals surface area contributed by atoms with Gasteiger partial charge in [-0.05, 0) is 37.8 Å². The minimum absolute atomic E-state index is 0.0833. The summed E-state index contributed by atoms with van der Waals surface area (Å²) < 4.78 is 29.0. The van der Waals surface area contributed by atoms with E-state index in [0.717, 1.165) is 32.4 Å². The maximum atomic E-state index is 12.3. The van der Waals surface area contributed by atoms with Gasteiger partial charge in [0.2, 0.25) is 0 Å². The highest BCUT2D eigenvalue weighted by molar-refractivity contribution is 7.87. The van der Waals surface area contributed by atoms with E-state index in [0.29, 0.717) is 18.4 Å². The molecule has 0 radical (unpaired) electrons. The first-order valence-corrected chi connectivity index (χ1v) is 9.26. The van der Waals surface area contributed by atoms with Crippen LogP contribution in [0.15, 0.2) is 0 Å². The minimum Gasteiger partial charge on any atom is -0.317 e. The average Bonchev–Trinajstić information content (AvgIpc) is 2.39. The maximum absolute atomic E-state index is 12.3. The van der Waals surface area contributed by atoms with Crippen LogP contribution in [-0.4, -0.2) is 45.4 Å². The van der Waals surface area contributed by atoms with Crippen molar-refractivity contribution < 1.29 is 8.42 Å². The van der Waals surface area contributed by atoms with Crippen LogP contribution in [0, 0.1) is 11.8 Å². The average molecular weight is 305 g/mol. The van der Waals surface area contributed by atoms with Gasteiger partial charge in [0, 0.05) is 19.6 Å². The molecule has 0 aromatic heterocycles. The highest BCUT2D eigenvalue weighted by atomic mass is 32.2. The van der Waals surface area contributed by atoms with Crippen molar-refractivity contribution in [2.24, 2.45) is 11.8 Å². The van der Waals surface area contributed by atoms with Crippen molar-refractivity contribution in [1.82, 2.24) is 14.3 Å². The van der Waals surface area contributed by atoms with Crippen molar-refractivity contribution in [2.75, 3.05) is 26.7 Å². The Morgan fingerprint density at radius 3 is 2.60 bits per heavy atom. The Kier molecular flexibility index (Phi) is 7.43. The topological polar surface area (TPSA) is 61.4 Å². The Bertz CT molecular complexity index is 373. The third-order valence-electron chi connectivity index (χ3n) is 4.49. The fraction of sp³-hybridized carbons (Fsp3) is 1.00. The molecule has 1 fully saturated rings.